The molecule has 0 aromatic heterocycles. The van der Waals surface area contributed by atoms with Gasteiger partial charge in [0.2, 0.25) is 0 Å². The molecule has 0 aromatic rings. The molecule has 2 unspecified atom stereocenters. The van der Waals surface area contributed by atoms with E-state index < -0.39 is 0 Å². The normalized spacial score (nSPS) is 23.3. The third-order valence-corrected chi connectivity index (χ3v) is 3.21. The fraction of sp³-hybridized carbons (Fsp3) is 0.909. The summed E-state index contributed by atoms with van der Waals surface area (Å²) in [6, 6.07) is 0.301. The van der Waals surface area contributed by atoms with E-state index in [9.17, 15) is 4.79 Å². The topological polar surface area (TPSA) is 44.4 Å². The van der Waals surface area contributed by atoms with Gasteiger partial charge in [0, 0.05) is 19.6 Å². The highest BCUT2D eigenvalue weighted by Crippen LogP contribution is 2.14. The van der Waals surface area contributed by atoms with Crippen molar-refractivity contribution < 1.29 is 4.79 Å². The highest BCUT2D eigenvalue weighted by molar-refractivity contribution is 5.74. The fourth-order valence-electron chi connectivity index (χ4n) is 1.87. The summed E-state index contributed by atoms with van der Waals surface area (Å²) in [5.41, 5.74) is 0. The van der Waals surface area contributed by atoms with Crippen LogP contribution in [0.1, 0.15) is 26.7 Å². The molecule has 2 amide bonds. The number of amides is 2. The molecule has 88 valence electrons. The molecule has 0 radical (unpaired) electrons. The summed E-state index contributed by atoms with van der Waals surface area (Å²) >= 11 is 0. The molecule has 1 aliphatic heterocycles. The first kappa shape index (κ1) is 12.3. The summed E-state index contributed by atoms with van der Waals surface area (Å²) in [6.07, 6.45) is 2.43. The van der Waals surface area contributed by atoms with Crippen molar-refractivity contribution in [3.05, 3.63) is 0 Å². The Labute approximate surface area is 92.4 Å². The maximum atomic E-state index is 11.6. The minimum Gasteiger partial charge on any atom is -0.335 e. The molecule has 2 N–H and O–H groups in total. The van der Waals surface area contributed by atoms with E-state index in [4.69, 9.17) is 0 Å². The first-order valence-corrected chi connectivity index (χ1v) is 5.87. The Balaban J connectivity index is 2.33. The molecule has 1 aliphatic rings. The first-order chi connectivity index (χ1) is 7.15. The quantitative estimate of drug-likeness (QED) is 0.735. The second kappa shape index (κ2) is 5.95. The number of carbonyl (C=O) groups excluding carboxylic acids is 1. The molecule has 4 heteroatoms. The highest BCUT2D eigenvalue weighted by Gasteiger charge is 2.21. The number of piperidine rings is 1. The smallest absolute Gasteiger partial charge is 0.317 e. The van der Waals surface area contributed by atoms with Gasteiger partial charge in [-0.1, -0.05) is 0 Å². The average Bonchev–Trinajstić information content (AvgIpc) is 2.29. The summed E-state index contributed by atoms with van der Waals surface area (Å²) in [5, 5.41) is 6.41. The van der Waals surface area contributed by atoms with E-state index in [1.54, 1.807) is 4.90 Å². The third-order valence-electron chi connectivity index (χ3n) is 3.21. The van der Waals surface area contributed by atoms with Crippen molar-refractivity contribution >= 4 is 6.03 Å². The second-order valence-electron chi connectivity index (χ2n) is 4.36. The summed E-state index contributed by atoms with van der Waals surface area (Å²) in [4.78, 5) is 13.3. The Bertz CT molecular complexity index is 202. The van der Waals surface area contributed by atoms with Crippen LogP contribution in [-0.2, 0) is 0 Å². The van der Waals surface area contributed by atoms with Gasteiger partial charge in [0.1, 0.15) is 0 Å². The summed E-state index contributed by atoms with van der Waals surface area (Å²) < 4.78 is 0. The van der Waals surface area contributed by atoms with Crippen molar-refractivity contribution in [2.45, 2.75) is 32.7 Å². The maximum Gasteiger partial charge on any atom is 0.317 e. The van der Waals surface area contributed by atoms with Gasteiger partial charge in [-0.3, -0.25) is 0 Å². The van der Waals surface area contributed by atoms with Crippen LogP contribution in [0.2, 0.25) is 0 Å². The van der Waals surface area contributed by atoms with Gasteiger partial charge >= 0.3 is 6.03 Å². The van der Waals surface area contributed by atoms with Crippen molar-refractivity contribution in [1.82, 2.24) is 15.5 Å². The van der Waals surface area contributed by atoms with Crippen molar-refractivity contribution in [2.75, 3.05) is 26.7 Å². The van der Waals surface area contributed by atoms with Crippen LogP contribution in [0.25, 0.3) is 0 Å². The van der Waals surface area contributed by atoms with Crippen molar-refractivity contribution in [3.63, 3.8) is 0 Å². The Hall–Kier alpha value is -0.770. The molecular weight excluding hydrogens is 190 g/mol. The third kappa shape index (κ3) is 3.70. The lowest BCUT2D eigenvalue weighted by molar-refractivity contribution is 0.199. The minimum absolute atomic E-state index is 0.0376. The van der Waals surface area contributed by atoms with E-state index in [-0.39, 0.29) is 12.1 Å². The predicted octanol–water partition coefficient (Wildman–Crippen LogP) is 1.04. The Kier molecular flexibility index (Phi) is 4.88. The van der Waals surface area contributed by atoms with Gasteiger partial charge in [0.05, 0.1) is 0 Å². The standard InChI is InChI=1S/C11H23N3O/c1-4-14(3)11(15)13-9(2)10-6-5-7-12-8-10/h9-10,12H,4-8H2,1-3H3,(H,13,15). The number of rotatable bonds is 3. The van der Waals surface area contributed by atoms with Gasteiger partial charge < -0.3 is 15.5 Å². The largest absolute Gasteiger partial charge is 0.335 e. The lowest BCUT2D eigenvalue weighted by Crippen LogP contribution is -2.48. The van der Waals surface area contributed by atoms with Crippen LogP contribution in [0, 0.1) is 5.92 Å². The number of hydrogen-bond donors (Lipinski definition) is 2. The molecule has 1 heterocycles. The minimum atomic E-state index is 0.0376. The van der Waals surface area contributed by atoms with Crippen molar-refractivity contribution in [1.29, 1.82) is 0 Å². The molecule has 0 saturated carbocycles. The molecule has 15 heavy (non-hydrogen) atoms. The molecule has 1 fully saturated rings. The van der Waals surface area contributed by atoms with Gasteiger partial charge in [-0.15, -0.1) is 0 Å². The van der Waals surface area contributed by atoms with E-state index in [0.29, 0.717) is 5.92 Å². The Morgan fingerprint density at radius 1 is 1.67 bits per heavy atom. The van der Waals surface area contributed by atoms with Crippen molar-refractivity contribution in [2.24, 2.45) is 5.92 Å². The highest BCUT2D eigenvalue weighted by atomic mass is 16.2. The molecule has 4 nitrogen and oxygen atoms in total. The average molecular weight is 213 g/mol. The first-order valence-electron chi connectivity index (χ1n) is 5.87. The van der Waals surface area contributed by atoms with Crippen LogP contribution in [0.4, 0.5) is 4.79 Å². The Morgan fingerprint density at radius 3 is 2.93 bits per heavy atom. The number of nitrogens with zero attached hydrogens (tertiary/aromatic N) is 1. The van der Waals surface area contributed by atoms with E-state index in [1.165, 1.54) is 12.8 Å². The van der Waals surface area contributed by atoms with Crippen LogP contribution in [0.5, 0.6) is 0 Å². The van der Waals surface area contributed by atoms with Gasteiger partial charge in [0.25, 0.3) is 0 Å². The van der Waals surface area contributed by atoms with Gasteiger partial charge in [0.15, 0.2) is 0 Å². The van der Waals surface area contributed by atoms with Gasteiger partial charge in [-0.2, -0.15) is 0 Å². The van der Waals surface area contributed by atoms with E-state index in [1.807, 2.05) is 14.0 Å². The summed E-state index contributed by atoms with van der Waals surface area (Å²) in [6.45, 7) is 6.97. The molecule has 2 atom stereocenters. The van der Waals surface area contributed by atoms with Gasteiger partial charge in [-0.05, 0) is 45.7 Å². The number of hydrogen-bond acceptors (Lipinski definition) is 2. The van der Waals surface area contributed by atoms with Crippen LogP contribution < -0.4 is 10.6 Å². The van der Waals surface area contributed by atoms with Crippen molar-refractivity contribution in [3.8, 4) is 0 Å². The van der Waals surface area contributed by atoms with Crippen LogP contribution >= 0.6 is 0 Å². The summed E-state index contributed by atoms with van der Waals surface area (Å²) in [5.74, 6) is 0.577. The Morgan fingerprint density at radius 2 is 2.40 bits per heavy atom. The SMILES string of the molecule is CCN(C)C(=O)NC(C)C1CCCNC1. The molecular formula is C11H23N3O. The molecule has 1 rings (SSSR count). The molecule has 0 spiro atoms. The number of carbonyl (C=O) groups is 1. The number of urea groups is 1. The zero-order chi connectivity index (χ0) is 11.3. The van der Waals surface area contributed by atoms with Gasteiger partial charge in [-0.25, -0.2) is 4.79 Å². The molecule has 0 bridgehead atoms. The molecule has 0 aliphatic carbocycles. The fourth-order valence-corrected chi connectivity index (χ4v) is 1.87. The maximum absolute atomic E-state index is 11.6. The molecule has 1 saturated heterocycles. The zero-order valence-electron chi connectivity index (χ0n) is 10.0. The van der Waals surface area contributed by atoms with E-state index >= 15 is 0 Å². The van der Waals surface area contributed by atoms with Crippen LogP contribution in [-0.4, -0.2) is 43.7 Å². The summed E-state index contributed by atoms with van der Waals surface area (Å²) in [7, 11) is 1.82. The zero-order valence-corrected chi connectivity index (χ0v) is 10.0. The predicted molar refractivity (Wildman–Crippen MR) is 61.9 cm³/mol. The van der Waals surface area contributed by atoms with Crippen LogP contribution in [0.15, 0.2) is 0 Å². The van der Waals surface area contributed by atoms with E-state index in [0.717, 1.165) is 19.6 Å². The van der Waals surface area contributed by atoms with Crippen LogP contribution in [0.3, 0.4) is 0 Å². The number of nitrogens with one attached hydrogen (secondary N) is 2. The molecule has 0 aromatic carbocycles. The van der Waals surface area contributed by atoms with E-state index in [2.05, 4.69) is 17.6 Å². The second-order valence-corrected chi connectivity index (χ2v) is 4.36. The lowest BCUT2D eigenvalue weighted by Gasteiger charge is -2.30. The lowest BCUT2D eigenvalue weighted by atomic mass is 9.93. The monoisotopic (exact) mass is 213 g/mol.